The van der Waals surface area contributed by atoms with Gasteiger partial charge in [0, 0.05) is 16.8 Å². The second-order valence-corrected chi connectivity index (χ2v) is 4.15. The number of amides is 1. The van der Waals surface area contributed by atoms with Gasteiger partial charge in [0.25, 0.3) is 0 Å². The molecule has 0 unspecified atom stereocenters. The minimum Gasteiger partial charge on any atom is -0.398 e. The number of fused-ring (bicyclic) bond motifs is 1. The van der Waals surface area contributed by atoms with E-state index < -0.39 is 0 Å². The molecule has 3 N–H and O–H groups in total. The smallest absolute Gasteiger partial charge is 0.228 e. The lowest BCUT2D eigenvalue weighted by Crippen LogP contribution is -2.04. The number of hydrogen-bond donors (Lipinski definition) is 2. The highest BCUT2D eigenvalue weighted by Gasteiger charge is 2.21. The fourth-order valence-electron chi connectivity index (χ4n) is 2.22. The molecular formula is C14H12N2O. The van der Waals surface area contributed by atoms with Gasteiger partial charge in [0.15, 0.2) is 0 Å². The van der Waals surface area contributed by atoms with Crippen molar-refractivity contribution < 1.29 is 4.79 Å². The summed E-state index contributed by atoms with van der Waals surface area (Å²) in [5.41, 5.74) is 10.6. The van der Waals surface area contributed by atoms with Crippen molar-refractivity contribution >= 4 is 17.3 Å². The van der Waals surface area contributed by atoms with Gasteiger partial charge in [0.2, 0.25) is 5.91 Å². The molecule has 3 heteroatoms. The van der Waals surface area contributed by atoms with Gasteiger partial charge in [0.1, 0.15) is 0 Å². The van der Waals surface area contributed by atoms with Crippen molar-refractivity contribution in [2.75, 3.05) is 11.1 Å². The molecule has 17 heavy (non-hydrogen) atoms. The lowest BCUT2D eigenvalue weighted by atomic mass is 9.99. The topological polar surface area (TPSA) is 55.1 Å². The van der Waals surface area contributed by atoms with Crippen LogP contribution in [0.15, 0.2) is 42.5 Å². The van der Waals surface area contributed by atoms with Crippen LogP contribution in [0.1, 0.15) is 5.56 Å². The molecule has 0 aromatic heterocycles. The number of para-hydroxylation sites is 2. The van der Waals surface area contributed by atoms with Gasteiger partial charge in [0.05, 0.1) is 12.1 Å². The van der Waals surface area contributed by atoms with Crippen molar-refractivity contribution in [3.05, 3.63) is 48.0 Å². The Labute approximate surface area is 99.3 Å². The molecule has 0 aliphatic carbocycles. The maximum Gasteiger partial charge on any atom is 0.228 e. The number of nitrogens with one attached hydrogen (secondary N) is 1. The number of carbonyl (C=O) groups is 1. The maximum atomic E-state index is 11.4. The Morgan fingerprint density at radius 3 is 2.59 bits per heavy atom. The van der Waals surface area contributed by atoms with E-state index in [1.807, 2.05) is 42.5 Å². The predicted octanol–water partition coefficient (Wildman–Crippen LogP) is 2.43. The number of hydrogen-bond acceptors (Lipinski definition) is 2. The maximum absolute atomic E-state index is 11.4. The Morgan fingerprint density at radius 1 is 1.00 bits per heavy atom. The number of rotatable bonds is 1. The minimum atomic E-state index is 0.0435. The summed E-state index contributed by atoms with van der Waals surface area (Å²) in [6.45, 7) is 0. The van der Waals surface area contributed by atoms with Crippen LogP contribution in [0.2, 0.25) is 0 Å². The van der Waals surface area contributed by atoms with E-state index in [-0.39, 0.29) is 5.91 Å². The third-order valence-electron chi connectivity index (χ3n) is 3.02. The van der Waals surface area contributed by atoms with E-state index in [1.54, 1.807) is 0 Å². The van der Waals surface area contributed by atoms with Crippen molar-refractivity contribution in [3.8, 4) is 11.1 Å². The lowest BCUT2D eigenvalue weighted by molar-refractivity contribution is -0.115. The van der Waals surface area contributed by atoms with Crippen LogP contribution in [0.5, 0.6) is 0 Å². The predicted molar refractivity (Wildman–Crippen MR) is 68.6 cm³/mol. The average Bonchev–Trinajstić information content (AvgIpc) is 2.70. The summed E-state index contributed by atoms with van der Waals surface area (Å²) >= 11 is 0. The van der Waals surface area contributed by atoms with Crippen LogP contribution < -0.4 is 11.1 Å². The highest BCUT2D eigenvalue weighted by molar-refractivity contribution is 6.04. The van der Waals surface area contributed by atoms with Gasteiger partial charge in [-0.1, -0.05) is 36.4 Å². The Bertz CT molecular complexity index is 605. The van der Waals surface area contributed by atoms with E-state index in [2.05, 4.69) is 5.32 Å². The van der Waals surface area contributed by atoms with Crippen LogP contribution in [-0.4, -0.2) is 5.91 Å². The number of carbonyl (C=O) groups excluding carboxylic acids is 1. The summed E-state index contributed by atoms with van der Waals surface area (Å²) in [6, 6.07) is 13.6. The molecule has 1 amide bonds. The Kier molecular flexibility index (Phi) is 2.11. The first-order valence-corrected chi connectivity index (χ1v) is 5.52. The zero-order valence-corrected chi connectivity index (χ0v) is 9.23. The molecule has 0 saturated carbocycles. The third-order valence-corrected chi connectivity index (χ3v) is 3.02. The van der Waals surface area contributed by atoms with Crippen molar-refractivity contribution in [2.45, 2.75) is 6.42 Å². The fraction of sp³-hybridized carbons (Fsp3) is 0.0714. The molecule has 1 aliphatic rings. The molecule has 0 saturated heterocycles. The van der Waals surface area contributed by atoms with Gasteiger partial charge in [-0.3, -0.25) is 4.79 Å². The lowest BCUT2D eigenvalue weighted by Gasteiger charge is -2.10. The number of benzene rings is 2. The molecule has 0 spiro atoms. The second-order valence-electron chi connectivity index (χ2n) is 4.15. The zero-order chi connectivity index (χ0) is 11.8. The molecule has 0 fully saturated rings. The molecule has 84 valence electrons. The number of anilines is 2. The molecule has 1 aliphatic heterocycles. The van der Waals surface area contributed by atoms with Crippen LogP contribution in [0, 0.1) is 0 Å². The Balaban J connectivity index is 2.21. The fourth-order valence-corrected chi connectivity index (χ4v) is 2.22. The van der Waals surface area contributed by atoms with Crippen molar-refractivity contribution in [2.24, 2.45) is 0 Å². The largest absolute Gasteiger partial charge is 0.398 e. The van der Waals surface area contributed by atoms with Gasteiger partial charge in [-0.15, -0.1) is 0 Å². The quantitative estimate of drug-likeness (QED) is 0.731. The van der Waals surface area contributed by atoms with E-state index in [9.17, 15) is 4.79 Å². The summed E-state index contributed by atoms with van der Waals surface area (Å²) in [5, 5.41) is 2.90. The molecule has 3 rings (SSSR count). The summed E-state index contributed by atoms with van der Waals surface area (Å²) in [6.07, 6.45) is 0.454. The average molecular weight is 224 g/mol. The van der Waals surface area contributed by atoms with Gasteiger partial charge >= 0.3 is 0 Å². The van der Waals surface area contributed by atoms with E-state index in [1.165, 1.54) is 0 Å². The van der Waals surface area contributed by atoms with E-state index >= 15 is 0 Å². The molecule has 0 bridgehead atoms. The molecule has 1 heterocycles. The van der Waals surface area contributed by atoms with Crippen LogP contribution in [0.25, 0.3) is 11.1 Å². The standard InChI is InChI=1S/C14H12N2O/c15-12-7-2-1-5-10(12)11-6-3-4-9-8-13(17)16-14(9)11/h1-7H,8,15H2,(H,16,17). The van der Waals surface area contributed by atoms with Crippen LogP contribution in [-0.2, 0) is 11.2 Å². The molecule has 0 atom stereocenters. The first kappa shape index (κ1) is 9.90. The van der Waals surface area contributed by atoms with E-state index in [0.717, 1.165) is 28.1 Å². The van der Waals surface area contributed by atoms with Crippen molar-refractivity contribution in [1.29, 1.82) is 0 Å². The summed E-state index contributed by atoms with van der Waals surface area (Å²) < 4.78 is 0. The van der Waals surface area contributed by atoms with E-state index in [4.69, 9.17) is 5.73 Å². The SMILES string of the molecule is Nc1ccccc1-c1cccc2c1NC(=O)C2. The summed E-state index contributed by atoms with van der Waals surface area (Å²) in [5.74, 6) is 0.0435. The minimum absolute atomic E-state index is 0.0435. The molecule has 3 nitrogen and oxygen atoms in total. The number of nitrogens with two attached hydrogens (primary N) is 1. The Hall–Kier alpha value is -2.29. The second kappa shape index (κ2) is 3.63. The van der Waals surface area contributed by atoms with Crippen LogP contribution in [0.4, 0.5) is 11.4 Å². The zero-order valence-electron chi connectivity index (χ0n) is 9.23. The molecule has 0 radical (unpaired) electrons. The van der Waals surface area contributed by atoms with Gasteiger partial charge in [-0.25, -0.2) is 0 Å². The van der Waals surface area contributed by atoms with Gasteiger partial charge in [-0.2, -0.15) is 0 Å². The molecular weight excluding hydrogens is 212 g/mol. The van der Waals surface area contributed by atoms with E-state index in [0.29, 0.717) is 6.42 Å². The highest BCUT2D eigenvalue weighted by atomic mass is 16.1. The monoisotopic (exact) mass is 224 g/mol. The van der Waals surface area contributed by atoms with Crippen molar-refractivity contribution in [1.82, 2.24) is 0 Å². The summed E-state index contributed by atoms with van der Waals surface area (Å²) in [4.78, 5) is 11.4. The normalized spacial score (nSPS) is 13.3. The summed E-state index contributed by atoms with van der Waals surface area (Å²) in [7, 11) is 0. The van der Waals surface area contributed by atoms with Gasteiger partial charge in [-0.05, 0) is 11.6 Å². The highest BCUT2D eigenvalue weighted by Crippen LogP contribution is 2.36. The van der Waals surface area contributed by atoms with Crippen molar-refractivity contribution in [3.63, 3.8) is 0 Å². The van der Waals surface area contributed by atoms with Gasteiger partial charge < -0.3 is 11.1 Å². The first-order valence-electron chi connectivity index (χ1n) is 5.52. The van der Waals surface area contributed by atoms with Crippen LogP contribution >= 0.6 is 0 Å². The number of nitrogen functional groups attached to an aromatic ring is 1. The molecule has 2 aromatic rings. The third kappa shape index (κ3) is 1.56. The Morgan fingerprint density at radius 2 is 1.76 bits per heavy atom. The molecule has 2 aromatic carbocycles. The first-order chi connectivity index (χ1) is 8.25. The van der Waals surface area contributed by atoms with Crippen LogP contribution in [0.3, 0.4) is 0 Å².